The van der Waals surface area contributed by atoms with Gasteiger partial charge in [-0.05, 0) is 6.92 Å². The highest BCUT2D eigenvalue weighted by atomic mass is 16.1. The van der Waals surface area contributed by atoms with Crippen LogP contribution in [0.2, 0.25) is 0 Å². The van der Waals surface area contributed by atoms with Gasteiger partial charge in [-0.3, -0.25) is 19.7 Å². The molecule has 96 valence electrons. The first-order valence-corrected chi connectivity index (χ1v) is 6.19. The van der Waals surface area contributed by atoms with Crippen molar-refractivity contribution in [3.8, 4) is 0 Å². The number of anilines is 1. The van der Waals surface area contributed by atoms with E-state index in [1.807, 2.05) is 42.2 Å². The quantitative estimate of drug-likeness (QED) is 0.879. The minimum Gasteiger partial charge on any atom is -0.294 e. The van der Waals surface area contributed by atoms with Crippen molar-refractivity contribution < 1.29 is 0 Å². The number of hydrogen-bond acceptors (Lipinski definition) is 4. The molecule has 19 heavy (non-hydrogen) atoms. The lowest BCUT2D eigenvalue weighted by atomic mass is 10.2. The number of hydrogen-bond donors (Lipinski definition) is 1. The monoisotopic (exact) mass is 254 g/mol. The Morgan fingerprint density at radius 3 is 2.79 bits per heavy atom. The minimum atomic E-state index is -0.137. The molecule has 0 unspecified atom stereocenters. The molecule has 0 spiro atoms. The lowest BCUT2D eigenvalue weighted by Crippen LogP contribution is -2.31. The van der Waals surface area contributed by atoms with E-state index in [0.29, 0.717) is 18.2 Å². The molecule has 0 aliphatic carbocycles. The highest BCUT2D eigenvalue weighted by Gasteiger charge is 2.21. The minimum absolute atomic E-state index is 0.137. The molecule has 0 amide bonds. The zero-order valence-corrected chi connectivity index (χ0v) is 10.6. The van der Waals surface area contributed by atoms with E-state index in [0.717, 1.165) is 17.9 Å². The Balaban J connectivity index is 2.01. The van der Waals surface area contributed by atoms with Crippen LogP contribution in [0.5, 0.6) is 0 Å². The SMILES string of the molecule is Cc1cc(=O)[nH]c(N2CCN=C2c2ccccc2)n1. The summed E-state index contributed by atoms with van der Waals surface area (Å²) in [6.07, 6.45) is 0. The summed E-state index contributed by atoms with van der Waals surface area (Å²) in [7, 11) is 0. The van der Waals surface area contributed by atoms with Gasteiger partial charge in [0, 0.05) is 23.9 Å². The van der Waals surface area contributed by atoms with Crippen molar-refractivity contribution >= 4 is 11.8 Å². The average Bonchev–Trinajstić information content (AvgIpc) is 2.88. The van der Waals surface area contributed by atoms with Crippen LogP contribution in [0.1, 0.15) is 11.3 Å². The number of aryl methyl sites for hydroxylation is 1. The fourth-order valence-electron chi connectivity index (χ4n) is 2.18. The Morgan fingerprint density at radius 2 is 2.05 bits per heavy atom. The van der Waals surface area contributed by atoms with Crippen molar-refractivity contribution in [2.24, 2.45) is 4.99 Å². The molecule has 5 nitrogen and oxygen atoms in total. The molecule has 0 fully saturated rings. The van der Waals surface area contributed by atoms with Crippen LogP contribution in [0.15, 0.2) is 46.2 Å². The Labute approximate surface area is 110 Å². The average molecular weight is 254 g/mol. The van der Waals surface area contributed by atoms with E-state index >= 15 is 0 Å². The number of nitrogens with one attached hydrogen (secondary N) is 1. The molecule has 0 bridgehead atoms. The fraction of sp³-hybridized carbons (Fsp3) is 0.214. The second-order valence-electron chi connectivity index (χ2n) is 4.43. The number of H-pyrrole nitrogens is 1. The third kappa shape index (κ3) is 2.27. The number of nitrogens with zero attached hydrogens (tertiary/aromatic N) is 3. The summed E-state index contributed by atoms with van der Waals surface area (Å²) in [6, 6.07) is 11.4. The topological polar surface area (TPSA) is 61.4 Å². The molecule has 0 radical (unpaired) electrons. The molecule has 1 aliphatic heterocycles. The lowest BCUT2D eigenvalue weighted by Gasteiger charge is -2.19. The van der Waals surface area contributed by atoms with E-state index in [2.05, 4.69) is 15.0 Å². The van der Waals surface area contributed by atoms with Gasteiger partial charge in [0.05, 0.1) is 6.54 Å². The van der Waals surface area contributed by atoms with Gasteiger partial charge in [0.2, 0.25) is 5.95 Å². The van der Waals surface area contributed by atoms with Crippen molar-refractivity contribution in [1.29, 1.82) is 0 Å². The maximum Gasteiger partial charge on any atom is 0.252 e. The molecule has 1 N–H and O–H groups in total. The van der Waals surface area contributed by atoms with Crippen LogP contribution in [-0.4, -0.2) is 28.9 Å². The largest absolute Gasteiger partial charge is 0.294 e. The van der Waals surface area contributed by atoms with E-state index in [-0.39, 0.29) is 5.56 Å². The van der Waals surface area contributed by atoms with E-state index in [4.69, 9.17) is 0 Å². The van der Waals surface area contributed by atoms with Gasteiger partial charge in [-0.2, -0.15) is 0 Å². The highest BCUT2D eigenvalue weighted by molar-refractivity contribution is 6.10. The summed E-state index contributed by atoms with van der Waals surface area (Å²) in [5.74, 6) is 1.42. The van der Waals surface area contributed by atoms with E-state index in [9.17, 15) is 4.79 Å². The van der Waals surface area contributed by atoms with Crippen LogP contribution >= 0.6 is 0 Å². The van der Waals surface area contributed by atoms with Crippen molar-refractivity contribution in [3.05, 3.63) is 58.0 Å². The molecular formula is C14H14N4O. The summed E-state index contributed by atoms with van der Waals surface area (Å²) >= 11 is 0. The Kier molecular flexibility index (Phi) is 2.87. The van der Waals surface area contributed by atoms with E-state index in [1.54, 1.807) is 0 Å². The third-order valence-corrected chi connectivity index (χ3v) is 2.99. The zero-order chi connectivity index (χ0) is 13.2. The van der Waals surface area contributed by atoms with Gasteiger partial charge in [0.1, 0.15) is 5.84 Å². The highest BCUT2D eigenvalue weighted by Crippen LogP contribution is 2.16. The first-order chi connectivity index (χ1) is 9.24. The number of benzene rings is 1. The van der Waals surface area contributed by atoms with Crippen LogP contribution in [0, 0.1) is 6.92 Å². The molecule has 2 heterocycles. The predicted molar refractivity (Wildman–Crippen MR) is 74.8 cm³/mol. The molecule has 1 aromatic heterocycles. The van der Waals surface area contributed by atoms with Gasteiger partial charge in [-0.25, -0.2) is 4.98 Å². The van der Waals surface area contributed by atoms with Crippen LogP contribution in [0.25, 0.3) is 0 Å². The molecule has 1 aromatic carbocycles. The summed E-state index contributed by atoms with van der Waals surface area (Å²) in [5.41, 5.74) is 1.60. The van der Waals surface area contributed by atoms with Gasteiger partial charge in [-0.15, -0.1) is 0 Å². The van der Waals surface area contributed by atoms with Crippen LogP contribution in [0.3, 0.4) is 0 Å². The molecule has 2 aromatic rings. The lowest BCUT2D eigenvalue weighted by molar-refractivity contribution is 0.941. The summed E-state index contributed by atoms with van der Waals surface area (Å²) in [6.45, 7) is 3.26. The van der Waals surface area contributed by atoms with Crippen molar-refractivity contribution in [2.45, 2.75) is 6.92 Å². The first-order valence-electron chi connectivity index (χ1n) is 6.19. The molecule has 0 atom stereocenters. The Bertz CT molecular complexity index is 675. The summed E-state index contributed by atoms with van der Waals surface area (Å²) in [4.78, 5) is 25.2. The van der Waals surface area contributed by atoms with Gasteiger partial charge in [-0.1, -0.05) is 30.3 Å². The Hall–Kier alpha value is -2.43. The second-order valence-corrected chi connectivity index (χ2v) is 4.43. The van der Waals surface area contributed by atoms with Gasteiger partial charge < -0.3 is 0 Å². The fourth-order valence-corrected chi connectivity index (χ4v) is 2.18. The molecule has 0 saturated carbocycles. The smallest absolute Gasteiger partial charge is 0.252 e. The van der Waals surface area contributed by atoms with E-state index in [1.165, 1.54) is 6.07 Å². The maximum absolute atomic E-state index is 11.5. The van der Waals surface area contributed by atoms with Crippen molar-refractivity contribution in [3.63, 3.8) is 0 Å². The zero-order valence-electron chi connectivity index (χ0n) is 10.6. The van der Waals surface area contributed by atoms with Gasteiger partial charge in [0.25, 0.3) is 5.56 Å². The summed E-state index contributed by atoms with van der Waals surface area (Å²) < 4.78 is 0. The maximum atomic E-state index is 11.5. The second kappa shape index (κ2) is 4.68. The van der Waals surface area contributed by atoms with Crippen LogP contribution in [-0.2, 0) is 0 Å². The van der Waals surface area contributed by atoms with E-state index < -0.39 is 0 Å². The third-order valence-electron chi connectivity index (χ3n) is 2.99. The van der Waals surface area contributed by atoms with Gasteiger partial charge >= 0.3 is 0 Å². The number of aromatic nitrogens is 2. The van der Waals surface area contributed by atoms with Crippen LogP contribution in [0.4, 0.5) is 5.95 Å². The molecule has 1 aliphatic rings. The molecule has 0 saturated heterocycles. The predicted octanol–water partition coefficient (Wildman–Crippen LogP) is 1.35. The van der Waals surface area contributed by atoms with Gasteiger partial charge in [0.15, 0.2) is 0 Å². The normalized spacial score (nSPS) is 14.6. The number of aliphatic imine (C=N–C) groups is 1. The molecule has 5 heteroatoms. The molecular weight excluding hydrogens is 240 g/mol. The number of amidine groups is 1. The number of rotatable bonds is 2. The Morgan fingerprint density at radius 1 is 1.26 bits per heavy atom. The standard InChI is InChI=1S/C14H14N4O/c1-10-9-12(19)17-14(16-10)18-8-7-15-13(18)11-5-3-2-4-6-11/h2-6,9H,7-8H2,1H3,(H,16,17,19). The van der Waals surface area contributed by atoms with Crippen LogP contribution < -0.4 is 10.5 Å². The molecule has 3 rings (SSSR count). The van der Waals surface area contributed by atoms with Crippen molar-refractivity contribution in [1.82, 2.24) is 9.97 Å². The number of aromatic amines is 1. The summed E-state index contributed by atoms with van der Waals surface area (Å²) in [5, 5.41) is 0. The van der Waals surface area contributed by atoms with Crippen molar-refractivity contribution in [2.75, 3.05) is 18.0 Å². The first kappa shape index (κ1) is 11.6.